The van der Waals surface area contributed by atoms with Crippen molar-refractivity contribution in [3.05, 3.63) is 34.9 Å². The average Bonchev–Trinajstić information content (AvgIpc) is 2.49. The minimum atomic E-state index is -1.60. The van der Waals surface area contributed by atoms with Gasteiger partial charge in [-0.1, -0.05) is 0 Å². The Morgan fingerprint density at radius 1 is 1.04 bits per heavy atom. The molecule has 0 aliphatic rings. The molecule has 0 saturated heterocycles. The van der Waals surface area contributed by atoms with Crippen molar-refractivity contribution in [3.63, 3.8) is 0 Å². The summed E-state index contributed by atoms with van der Waals surface area (Å²) in [4.78, 5) is 33.6. The Hall–Kier alpha value is -2.65. The van der Waals surface area contributed by atoms with Crippen molar-refractivity contribution in [2.24, 2.45) is 0 Å². The molecule has 9 nitrogen and oxygen atoms in total. The smallest absolute Gasteiger partial charge is 0.407 e. The topological polar surface area (TPSA) is 153 Å². The lowest BCUT2D eigenvalue weighted by molar-refractivity contribution is 0.0128. The number of benzene rings is 1. The number of alkyl carbamates (subject to hydrolysis) is 1. The monoisotopic (exact) mass is 355 g/mol. The van der Waals surface area contributed by atoms with Gasteiger partial charge in [-0.15, -0.1) is 0 Å². The maximum Gasteiger partial charge on any atom is 0.407 e. The standard InChI is InChI=1S/C16H21NO8/c1-16(2,3)25-15(24)17-7-11(18)12(19)8-4-9(13(20)21)6-10(5-8)14(22)23/h4-6,11-12,18-19H,7H2,1-3H3,(H,17,24)(H,20,21)(H,22,23). The number of aliphatic hydroxyl groups is 2. The van der Waals surface area contributed by atoms with E-state index in [1.165, 1.54) is 0 Å². The van der Waals surface area contributed by atoms with Crippen LogP contribution >= 0.6 is 0 Å². The molecule has 0 bridgehead atoms. The van der Waals surface area contributed by atoms with Crippen molar-refractivity contribution in [1.82, 2.24) is 5.32 Å². The fourth-order valence-electron chi connectivity index (χ4n) is 1.91. The lowest BCUT2D eigenvalue weighted by atomic mass is 9.98. The third kappa shape index (κ3) is 6.40. The Labute approximate surface area is 143 Å². The van der Waals surface area contributed by atoms with Crippen LogP contribution < -0.4 is 5.32 Å². The van der Waals surface area contributed by atoms with Crippen LogP contribution in [-0.4, -0.2) is 56.7 Å². The molecule has 0 fully saturated rings. The number of rotatable bonds is 6. The van der Waals surface area contributed by atoms with Gasteiger partial charge in [-0.05, 0) is 44.5 Å². The number of carbonyl (C=O) groups excluding carboxylic acids is 1. The molecule has 1 aromatic carbocycles. The van der Waals surface area contributed by atoms with Gasteiger partial charge < -0.3 is 30.5 Å². The maximum atomic E-state index is 11.5. The molecule has 9 heteroatoms. The molecular formula is C16H21NO8. The summed E-state index contributed by atoms with van der Waals surface area (Å²) in [5.41, 5.74) is -1.53. The van der Waals surface area contributed by atoms with Crippen molar-refractivity contribution in [3.8, 4) is 0 Å². The average molecular weight is 355 g/mol. The van der Waals surface area contributed by atoms with Gasteiger partial charge in [-0.3, -0.25) is 0 Å². The number of carboxylic acids is 2. The third-order valence-corrected chi connectivity index (χ3v) is 3.01. The minimum absolute atomic E-state index is 0.101. The van der Waals surface area contributed by atoms with Gasteiger partial charge in [0.1, 0.15) is 17.8 Å². The number of hydrogen-bond donors (Lipinski definition) is 5. The number of hydrogen-bond acceptors (Lipinski definition) is 6. The maximum absolute atomic E-state index is 11.5. The van der Waals surface area contributed by atoms with Crippen LogP contribution in [-0.2, 0) is 4.74 Å². The molecule has 0 heterocycles. The first-order chi connectivity index (χ1) is 11.4. The van der Waals surface area contributed by atoms with Crippen LogP contribution in [0.3, 0.4) is 0 Å². The van der Waals surface area contributed by atoms with E-state index in [4.69, 9.17) is 14.9 Å². The molecule has 1 rings (SSSR count). The number of aliphatic hydroxyl groups excluding tert-OH is 2. The summed E-state index contributed by atoms with van der Waals surface area (Å²) in [5.74, 6) is -2.75. The van der Waals surface area contributed by atoms with E-state index >= 15 is 0 Å². The summed E-state index contributed by atoms with van der Waals surface area (Å²) in [5, 5.41) is 40.4. The highest BCUT2D eigenvalue weighted by atomic mass is 16.6. The molecule has 0 aliphatic carbocycles. The highest BCUT2D eigenvalue weighted by molar-refractivity contribution is 5.94. The van der Waals surface area contributed by atoms with E-state index in [2.05, 4.69) is 5.32 Å². The lowest BCUT2D eigenvalue weighted by Crippen LogP contribution is -2.38. The molecule has 0 saturated carbocycles. The number of amides is 1. The van der Waals surface area contributed by atoms with Gasteiger partial charge >= 0.3 is 18.0 Å². The van der Waals surface area contributed by atoms with Crippen LogP contribution in [0.5, 0.6) is 0 Å². The molecule has 25 heavy (non-hydrogen) atoms. The van der Waals surface area contributed by atoms with E-state index in [1.54, 1.807) is 20.8 Å². The fourth-order valence-corrected chi connectivity index (χ4v) is 1.91. The summed E-state index contributed by atoms with van der Waals surface area (Å²) in [7, 11) is 0. The van der Waals surface area contributed by atoms with Gasteiger partial charge in [-0.2, -0.15) is 0 Å². The molecule has 5 N–H and O–H groups in total. The zero-order valence-electron chi connectivity index (χ0n) is 14.0. The molecule has 1 amide bonds. The van der Waals surface area contributed by atoms with Gasteiger partial charge in [0, 0.05) is 6.54 Å². The molecule has 0 aromatic heterocycles. The van der Waals surface area contributed by atoms with Crippen molar-refractivity contribution >= 4 is 18.0 Å². The summed E-state index contributed by atoms with van der Waals surface area (Å²) >= 11 is 0. The Balaban J connectivity index is 2.87. The minimum Gasteiger partial charge on any atom is -0.478 e. The Morgan fingerprint density at radius 3 is 1.92 bits per heavy atom. The number of carbonyl (C=O) groups is 3. The first kappa shape index (κ1) is 20.4. The van der Waals surface area contributed by atoms with Crippen LogP contribution in [0, 0.1) is 0 Å². The summed E-state index contributed by atoms with van der Waals surface area (Å²) in [6.45, 7) is 4.59. The highest BCUT2D eigenvalue weighted by Gasteiger charge is 2.23. The zero-order chi connectivity index (χ0) is 19.4. The van der Waals surface area contributed by atoms with Crippen LogP contribution in [0.4, 0.5) is 4.79 Å². The molecular weight excluding hydrogens is 334 g/mol. The fraction of sp³-hybridized carbons (Fsp3) is 0.438. The number of ether oxygens (including phenoxy) is 1. The normalized spacial score (nSPS) is 13.6. The second-order valence-electron chi connectivity index (χ2n) is 6.35. The Bertz CT molecular complexity index is 632. The number of nitrogens with one attached hydrogen (secondary N) is 1. The van der Waals surface area contributed by atoms with E-state index in [9.17, 15) is 24.6 Å². The third-order valence-electron chi connectivity index (χ3n) is 3.01. The van der Waals surface area contributed by atoms with Crippen LogP contribution in [0.25, 0.3) is 0 Å². The molecule has 2 atom stereocenters. The van der Waals surface area contributed by atoms with Crippen molar-refractivity contribution in [2.75, 3.05) is 6.54 Å². The van der Waals surface area contributed by atoms with Crippen LogP contribution in [0.1, 0.15) is 53.2 Å². The number of aromatic carboxylic acids is 2. The molecule has 0 radical (unpaired) electrons. The molecule has 2 unspecified atom stereocenters. The van der Waals surface area contributed by atoms with Gasteiger partial charge in [0.2, 0.25) is 0 Å². The first-order valence-electron chi connectivity index (χ1n) is 7.35. The van der Waals surface area contributed by atoms with E-state index in [-0.39, 0.29) is 23.2 Å². The molecule has 0 spiro atoms. The second kappa shape index (κ2) is 7.95. The summed E-state index contributed by atoms with van der Waals surface area (Å²) < 4.78 is 4.98. The second-order valence-corrected chi connectivity index (χ2v) is 6.35. The van der Waals surface area contributed by atoms with Crippen molar-refractivity contribution in [1.29, 1.82) is 0 Å². The van der Waals surface area contributed by atoms with Gasteiger partial charge in [0.05, 0.1) is 11.1 Å². The van der Waals surface area contributed by atoms with Gasteiger partial charge in [0.25, 0.3) is 0 Å². The van der Waals surface area contributed by atoms with E-state index in [1.807, 2.05) is 0 Å². The zero-order valence-corrected chi connectivity index (χ0v) is 14.0. The summed E-state index contributed by atoms with van der Waals surface area (Å²) in [6, 6.07) is 3.04. The highest BCUT2D eigenvalue weighted by Crippen LogP contribution is 2.21. The molecule has 0 aliphatic heterocycles. The van der Waals surface area contributed by atoms with Crippen molar-refractivity contribution in [2.45, 2.75) is 38.6 Å². The number of carboxylic acid groups (broad SMARTS) is 2. The Kier molecular flexibility index (Phi) is 6.49. The summed E-state index contributed by atoms with van der Waals surface area (Å²) in [6.07, 6.45) is -3.91. The van der Waals surface area contributed by atoms with Crippen LogP contribution in [0.15, 0.2) is 18.2 Å². The predicted octanol–water partition coefficient (Wildman–Crippen LogP) is 1.00. The largest absolute Gasteiger partial charge is 0.478 e. The van der Waals surface area contributed by atoms with Crippen molar-refractivity contribution < 1.29 is 39.5 Å². The van der Waals surface area contributed by atoms with E-state index in [0.717, 1.165) is 18.2 Å². The lowest BCUT2D eigenvalue weighted by Gasteiger charge is -2.22. The molecule has 1 aromatic rings. The predicted molar refractivity (Wildman–Crippen MR) is 85.6 cm³/mol. The first-order valence-corrected chi connectivity index (χ1v) is 7.35. The van der Waals surface area contributed by atoms with E-state index in [0.29, 0.717) is 0 Å². The van der Waals surface area contributed by atoms with Crippen LogP contribution in [0.2, 0.25) is 0 Å². The van der Waals surface area contributed by atoms with Gasteiger partial charge in [-0.25, -0.2) is 14.4 Å². The van der Waals surface area contributed by atoms with E-state index < -0.39 is 35.8 Å². The Morgan fingerprint density at radius 2 is 1.52 bits per heavy atom. The quantitative estimate of drug-likeness (QED) is 0.506. The molecule has 138 valence electrons. The SMILES string of the molecule is CC(C)(C)OC(=O)NCC(O)C(O)c1cc(C(=O)O)cc(C(=O)O)c1. The van der Waals surface area contributed by atoms with Gasteiger partial charge in [0.15, 0.2) is 0 Å².